The van der Waals surface area contributed by atoms with Crippen molar-refractivity contribution in [3.05, 3.63) is 61.7 Å². The summed E-state index contributed by atoms with van der Waals surface area (Å²) in [6.07, 6.45) is 2.06. The van der Waals surface area contributed by atoms with Crippen LogP contribution in [-0.4, -0.2) is 56.9 Å². The number of aliphatic hydroxyl groups excluding tert-OH is 2. The Balaban J connectivity index is 0.00000135. The number of rotatable bonds is 2. The van der Waals surface area contributed by atoms with Crippen molar-refractivity contribution in [2.75, 3.05) is 26.2 Å². The van der Waals surface area contributed by atoms with Crippen LogP contribution in [-0.2, 0) is 34.5 Å². The number of carbonyl (C=O) groups excluding carboxylic acids is 1. The average molecular weight is 536 g/mol. The molecule has 8 nitrogen and oxygen atoms in total. The van der Waals surface area contributed by atoms with Crippen LogP contribution in [0.25, 0.3) is 22.3 Å². The van der Waals surface area contributed by atoms with Crippen LogP contribution in [0.4, 0.5) is 4.39 Å². The standard InChI is InChI=1S/C28H28FN3O5.C2H6/c1-14-15-3-5-28(4-2-6-31(13-28)7-8-33)23-17-11-32-21(24(17)30-20(22(15)23)10-19(14)29)9-16-18(26(32)35)12-37-27(36)25(16)34;1-2/h9-10,25,33-34H,2-8,11-13H2,1H3;1-2H3. The molecule has 5 heterocycles. The van der Waals surface area contributed by atoms with Crippen molar-refractivity contribution in [2.24, 2.45) is 0 Å². The number of carbonyl (C=O) groups is 1. The number of likely N-dealkylation sites (tertiary alicyclic amines) is 1. The molecule has 4 aliphatic rings. The number of ether oxygens (including phenoxy) is 1. The molecule has 1 aromatic carbocycles. The molecule has 1 saturated heterocycles. The molecule has 1 fully saturated rings. The molecule has 3 aromatic rings. The molecule has 2 atom stereocenters. The number of nitrogens with zero attached hydrogens (tertiary/aromatic N) is 3. The number of benzene rings is 1. The first kappa shape index (κ1) is 26.1. The summed E-state index contributed by atoms with van der Waals surface area (Å²) in [5.41, 5.74) is 5.52. The number of hydrogen-bond acceptors (Lipinski definition) is 7. The molecule has 0 bridgehead atoms. The van der Waals surface area contributed by atoms with Gasteiger partial charge in [-0.1, -0.05) is 13.8 Å². The molecular formula is C30H34FN3O5. The Morgan fingerprint density at radius 3 is 2.74 bits per heavy atom. The SMILES string of the molecule is CC.Cc1c(F)cc2nc3c(c4c2c1CCC41CCCN(CCO)C1)Cn1c-3cc2c(c1=O)COC(=O)C2O. The lowest BCUT2D eigenvalue weighted by atomic mass is 9.64. The Morgan fingerprint density at radius 2 is 1.97 bits per heavy atom. The van der Waals surface area contributed by atoms with Crippen molar-refractivity contribution >= 4 is 16.9 Å². The number of hydrogen-bond donors (Lipinski definition) is 2. The second-order valence-corrected chi connectivity index (χ2v) is 10.9. The van der Waals surface area contributed by atoms with Gasteiger partial charge in [-0.15, -0.1) is 0 Å². The molecule has 0 radical (unpaired) electrons. The number of cyclic esters (lactones) is 1. The van der Waals surface area contributed by atoms with Gasteiger partial charge in [-0.3, -0.25) is 4.79 Å². The van der Waals surface area contributed by atoms with Gasteiger partial charge in [0.1, 0.15) is 12.4 Å². The monoisotopic (exact) mass is 535 g/mol. The normalized spacial score (nSPS) is 23.1. The third kappa shape index (κ3) is 3.70. The van der Waals surface area contributed by atoms with E-state index in [1.54, 1.807) is 10.6 Å². The van der Waals surface area contributed by atoms with E-state index in [2.05, 4.69) is 4.90 Å². The van der Waals surface area contributed by atoms with E-state index in [0.29, 0.717) is 35.6 Å². The smallest absolute Gasteiger partial charge is 0.340 e. The molecule has 0 amide bonds. The summed E-state index contributed by atoms with van der Waals surface area (Å²) in [6, 6.07) is 3.18. The van der Waals surface area contributed by atoms with Gasteiger partial charge in [-0.25, -0.2) is 14.2 Å². The number of pyridine rings is 2. The van der Waals surface area contributed by atoms with Crippen LogP contribution in [0.1, 0.15) is 72.6 Å². The number of halogens is 1. The zero-order valence-corrected chi connectivity index (χ0v) is 22.6. The summed E-state index contributed by atoms with van der Waals surface area (Å²) >= 11 is 0. The van der Waals surface area contributed by atoms with Crippen LogP contribution in [0.15, 0.2) is 16.9 Å². The Kier molecular flexibility index (Phi) is 6.36. The highest BCUT2D eigenvalue weighted by atomic mass is 19.1. The fourth-order valence-corrected chi connectivity index (χ4v) is 7.29. The number of piperidine rings is 1. The second kappa shape index (κ2) is 9.50. The number of fused-ring (bicyclic) bond motifs is 6. The minimum Gasteiger partial charge on any atom is -0.458 e. The first-order chi connectivity index (χ1) is 18.8. The van der Waals surface area contributed by atoms with Crippen molar-refractivity contribution in [2.45, 2.75) is 71.1 Å². The quantitative estimate of drug-likeness (QED) is 0.380. The molecule has 206 valence electrons. The van der Waals surface area contributed by atoms with Crippen molar-refractivity contribution in [1.29, 1.82) is 0 Å². The van der Waals surface area contributed by atoms with Gasteiger partial charge in [0.25, 0.3) is 5.56 Å². The van der Waals surface area contributed by atoms with Crippen LogP contribution < -0.4 is 5.56 Å². The molecule has 2 aromatic heterocycles. The number of aliphatic hydroxyl groups is 2. The van der Waals surface area contributed by atoms with E-state index in [4.69, 9.17) is 9.72 Å². The Hall–Kier alpha value is -3.14. The van der Waals surface area contributed by atoms with Crippen LogP contribution in [0.5, 0.6) is 0 Å². The molecule has 2 unspecified atom stereocenters. The molecule has 9 heteroatoms. The molecule has 7 rings (SSSR count). The minimum atomic E-state index is -1.52. The summed E-state index contributed by atoms with van der Waals surface area (Å²) < 4.78 is 21.7. The van der Waals surface area contributed by atoms with Crippen LogP contribution in [0.3, 0.4) is 0 Å². The maximum absolute atomic E-state index is 15.1. The number of esters is 1. The third-order valence-electron chi connectivity index (χ3n) is 9.03. The van der Waals surface area contributed by atoms with Crippen LogP contribution in [0, 0.1) is 12.7 Å². The van der Waals surface area contributed by atoms with E-state index in [1.165, 1.54) is 6.07 Å². The van der Waals surface area contributed by atoms with Crippen molar-refractivity contribution in [1.82, 2.24) is 14.5 Å². The van der Waals surface area contributed by atoms with Gasteiger partial charge in [0.05, 0.1) is 35.6 Å². The molecular weight excluding hydrogens is 501 g/mol. The predicted molar refractivity (Wildman–Crippen MR) is 144 cm³/mol. The Bertz CT molecular complexity index is 1580. The third-order valence-corrected chi connectivity index (χ3v) is 9.03. The lowest BCUT2D eigenvalue weighted by Crippen LogP contribution is -2.49. The predicted octanol–water partition coefficient (Wildman–Crippen LogP) is 3.26. The van der Waals surface area contributed by atoms with Gasteiger partial charge in [0, 0.05) is 41.1 Å². The topological polar surface area (TPSA) is 105 Å². The summed E-state index contributed by atoms with van der Waals surface area (Å²) in [5, 5.41) is 21.1. The highest BCUT2D eigenvalue weighted by Crippen LogP contribution is 2.51. The van der Waals surface area contributed by atoms with Gasteiger partial charge < -0.3 is 24.4 Å². The largest absolute Gasteiger partial charge is 0.458 e. The molecule has 0 saturated carbocycles. The number of aromatic nitrogens is 2. The van der Waals surface area contributed by atoms with E-state index >= 15 is 4.39 Å². The highest BCUT2D eigenvalue weighted by Gasteiger charge is 2.45. The van der Waals surface area contributed by atoms with Gasteiger partial charge in [0.15, 0.2) is 6.10 Å². The second-order valence-electron chi connectivity index (χ2n) is 10.9. The molecule has 1 spiro atoms. The van der Waals surface area contributed by atoms with E-state index in [-0.39, 0.29) is 41.1 Å². The summed E-state index contributed by atoms with van der Waals surface area (Å²) in [4.78, 5) is 32.8. The van der Waals surface area contributed by atoms with Crippen LogP contribution >= 0.6 is 0 Å². The Morgan fingerprint density at radius 1 is 1.18 bits per heavy atom. The first-order valence-electron chi connectivity index (χ1n) is 13.9. The summed E-state index contributed by atoms with van der Waals surface area (Å²) in [6.45, 7) is 8.39. The average Bonchev–Trinajstić information content (AvgIpc) is 3.30. The molecule has 3 aliphatic heterocycles. The fourth-order valence-electron chi connectivity index (χ4n) is 7.29. The number of β-amino-alcohol motifs (C(OH)–C–C–N with tert-alkyl or cyclic N) is 1. The lowest BCUT2D eigenvalue weighted by molar-refractivity contribution is -0.157. The zero-order valence-electron chi connectivity index (χ0n) is 22.6. The Labute approximate surface area is 226 Å². The van der Waals surface area contributed by atoms with Gasteiger partial charge >= 0.3 is 5.97 Å². The van der Waals surface area contributed by atoms with Gasteiger partial charge in [0.2, 0.25) is 0 Å². The van der Waals surface area contributed by atoms with Crippen molar-refractivity contribution in [3.8, 4) is 11.4 Å². The molecule has 2 N–H and O–H groups in total. The van der Waals surface area contributed by atoms with Gasteiger partial charge in [-0.05, 0) is 61.9 Å². The maximum Gasteiger partial charge on any atom is 0.340 e. The van der Waals surface area contributed by atoms with Crippen molar-refractivity contribution < 1.29 is 24.1 Å². The van der Waals surface area contributed by atoms with Gasteiger partial charge in [-0.2, -0.15) is 0 Å². The number of aryl methyl sites for hydroxylation is 1. The van der Waals surface area contributed by atoms with E-state index < -0.39 is 12.1 Å². The minimum absolute atomic E-state index is 0.0936. The lowest BCUT2D eigenvalue weighted by Gasteiger charge is -2.47. The van der Waals surface area contributed by atoms with Crippen LogP contribution in [0.2, 0.25) is 0 Å². The summed E-state index contributed by atoms with van der Waals surface area (Å²) in [5.74, 6) is -1.06. The van der Waals surface area contributed by atoms with E-state index in [0.717, 1.165) is 60.8 Å². The first-order valence-corrected chi connectivity index (χ1v) is 13.9. The zero-order chi connectivity index (χ0) is 27.6. The highest BCUT2D eigenvalue weighted by molar-refractivity contribution is 5.93. The fraction of sp³-hybridized carbons (Fsp3) is 0.500. The van der Waals surface area contributed by atoms with E-state index in [1.807, 2.05) is 20.8 Å². The maximum atomic E-state index is 15.1. The van der Waals surface area contributed by atoms with Crippen molar-refractivity contribution in [3.63, 3.8) is 0 Å². The summed E-state index contributed by atoms with van der Waals surface area (Å²) in [7, 11) is 0. The molecule has 1 aliphatic carbocycles. The van der Waals surface area contributed by atoms with E-state index in [9.17, 15) is 19.8 Å². The molecule has 39 heavy (non-hydrogen) atoms.